The highest BCUT2D eigenvalue weighted by Crippen LogP contribution is 2.23. The van der Waals surface area contributed by atoms with Crippen LogP contribution in [0.1, 0.15) is 21.5 Å². The number of nitrogens with zero attached hydrogens (tertiary/aromatic N) is 1. The van der Waals surface area contributed by atoms with E-state index in [-0.39, 0.29) is 24.4 Å². The summed E-state index contributed by atoms with van der Waals surface area (Å²) in [6.07, 6.45) is 0.0308. The van der Waals surface area contributed by atoms with Crippen LogP contribution in [0.25, 0.3) is 11.0 Å². The molecule has 0 aliphatic carbocycles. The van der Waals surface area contributed by atoms with Gasteiger partial charge in [0.2, 0.25) is 5.91 Å². The van der Waals surface area contributed by atoms with Crippen molar-refractivity contribution >= 4 is 28.8 Å². The van der Waals surface area contributed by atoms with Gasteiger partial charge in [0.15, 0.2) is 0 Å². The second-order valence-electron chi connectivity index (χ2n) is 6.55. The van der Waals surface area contributed by atoms with Crippen LogP contribution in [-0.4, -0.2) is 34.3 Å². The van der Waals surface area contributed by atoms with Gasteiger partial charge in [-0.3, -0.25) is 19.3 Å². The number of phenolic OH excluding ortho intramolecular Hbond substituents is 1. The Kier molecular flexibility index (Phi) is 4.59. The zero-order valence-corrected chi connectivity index (χ0v) is 15.1. The van der Waals surface area contributed by atoms with Gasteiger partial charge >= 0.3 is 11.6 Å². The highest BCUT2D eigenvalue weighted by Gasteiger charge is 2.32. The maximum atomic E-state index is 12.5. The average molecular weight is 393 g/mol. The van der Waals surface area contributed by atoms with Crippen molar-refractivity contribution in [2.75, 3.05) is 6.54 Å². The van der Waals surface area contributed by atoms with Crippen LogP contribution in [0.3, 0.4) is 0 Å². The van der Waals surface area contributed by atoms with Gasteiger partial charge in [0, 0.05) is 28.6 Å². The molecule has 3 aromatic rings. The fourth-order valence-electron chi connectivity index (χ4n) is 3.23. The van der Waals surface area contributed by atoms with Crippen molar-refractivity contribution in [3.8, 4) is 5.75 Å². The molecule has 0 unspecified atom stereocenters. The summed E-state index contributed by atoms with van der Waals surface area (Å²) in [6.45, 7) is -0.773. The minimum atomic E-state index is -0.786. The summed E-state index contributed by atoms with van der Waals surface area (Å²) in [6, 6.07) is 12.1. The third-order valence-electron chi connectivity index (χ3n) is 4.63. The smallest absolute Gasteiger partial charge is 0.336 e. The minimum Gasteiger partial charge on any atom is -0.508 e. The fraction of sp³-hybridized carbons (Fsp3) is 0.143. The van der Waals surface area contributed by atoms with E-state index in [0.717, 1.165) is 4.90 Å². The van der Waals surface area contributed by atoms with E-state index in [2.05, 4.69) is 0 Å². The highest BCUT2D eigenvalue weighted by atomic mass is 16.5. The largest absolute Gasteiger partial charge is 0.508 e. The normalized spacial score (nSPS) is 13.4. The maximum Gasteiger partial charge on any atom is 0.336 e. The second kappa shape index (κ2) is 7.23. The third-order valence-corrected chi connectivity index (χ3v) is 4.63. The summed E-state index contributed by atoms with van der Waals surface area (Å²) in [5, 5.41) is 10.0. The van der Waals surface area contributed by atoms with E-state index in [4.69, 9.17) is 9.15 Å². The molecule has 0 fully saturated rings. The van der Waals surface area contributed by atoms with E-state index < -0.39 is 30.0 Å². The van der Waals surface area contributed by atoms with Crippen molar-refractivity contribution in [3.63, 3.8) is 0 Å². The van der Waals surface area contributed by atoms with E-state index in [1.807, 2.05) is 0 Å². The predicted octanol–water partition coefficient (Wildman–Crippen LogP) is 1.77. The summed E-state index contributed by atoms with van der Waals surface area (Å²) in [5.41, 5.74) is 0.879. The summed E-state index contributed by atoms with van der Waals surface area (Å²) in [4.78, 5) is 49.6. The Bertz CT molecular complexity index is 1210. The number of carbonyl (C=O) groups is 3. The fourth-order valence-corrected chi connectivity index (χ4v) is 3.23. The highest BCUT2D eigenvalue weighted by molar-refractivity contribution is 6.11. The lowest BCUT2D eigenvalue weighted by Crippen LogP contribution is -2.45. The topological polar surface area (TPSA) is 114 Å². The Morgan fingerprint density at radius 2 is 1.90 bits per heavy atom. The van der Waals surface area contributed by atoms with Crippen LogP contribution >= 0.6 is 0 Å². The van der Waals surface area contributed by atoms with E-state index in [1.54, 1.807) is 24.3 Å². The van der Waals surface area contributed by atoms with E-state index in [9.17, 15) is 24.3 Å². The summed E-state index contributed by atoms with van der Waals surface area (Å²) < 4.78 is 10.2. The van der Waals surface area contributed by atoms with Gasteiger partial charge in [-0.05, 0) is 23.8 Å². The molecule has 0 saturated carbocycles. The van der Waals surface area contributed by atoms with Gasteiger partial charge in [-0.25, -0.2) is 4.79 Å². The molecular formula is C21H15NO7. The Balaban J connectivity index is 1.49. The first kappa shape index (κ1) is 18.4. The van der Waals surface area contributed by atoms with Crippen LogP contribution in [-0.2, 0) is 27.4 Å². The lowest BCUT2D eigenvalue weighted by molar-refractivity contribution is -0.149. The van der Waals surface area contributed by atoms with Crippen molar-refractivity contribution in [1.82, 2.24) is 4.90 Å². The molecule has 1 N–H and O–H groups in total. The predicted molar refractivity (Wildman–Crippen MR) is 100 cm³/mol. The summed E-state index contributed by atoms with van der Waals surface area (Å²) in [5.74, 6) is -1.88. The molecule has 0 saturated heterocycles. The zero-order chi connectivity index (χ0) is 20.5. The number of esters is 1. The minimum absolute atomic E-state index is 0.0308. The molecule has 1 aliphatic heterocycles. The van der Waals surface area contributed by atoms with E-state index in [0.29, 0.717) is 22.1 Å². The van der Waals surface area contributed by atoms with Gasteiger partial charge in [0.25, 0.3) is 5.91 Å². The van der Waals surface area contributed by atoms with Crippen LogP contribution in [0.5, 0.6) is 5.75 Å². The molecule has 0 spiro atoms. The third kappa shape index (κ3) is 3.60. The van der Waals surface area contributed by atoms with Gasteiger partial charge in [0.05, 0.1) is 6.42 Å². The molecule has 0 atom stereocenters. The molecule has 1 aromatic heterocycles. The van der Waals surface area contributed by atoms with E-state index >= 15 is 0 Å². The molecule has 0 bridgehead atoms. The number of carbonyl (C=O) groups excluding carboxylic acids is 3. The van der Waals surface area contributed by atoms with Crippen molar-refractivity contribution in [2.24, 2.45) is 0 Å². The van der Waals surface area contributed by atoms with Crippen LogP contribution in [0.4, 0.5) is 0 Å². The molecule has 2 heterocycles. The van der Waals surface area contributed by atoms with Crippen LogP contribution < -0.4 is 5.63 Å². The zero-order valence-electron chi connectivity index (χ0n) is 15.1. The molecule has 2 amide bonds. The first-order valence-electron chi connectivity index (χ1n) is 8.76. The van der Waals surface area contributed by atoms with Gasteiger partial charge in [-0.1, -0.05) is 18.2 Å². The molecule has 146 valence electrons. The van der Waals surface area contributed by atoms with Crippen LogP contribution in [0.15, 0.2) is 57.7 Å². The molecule has 2 aromatic carbocycles. The summed E-state index contributed by atoms with van der Waals surface area (Å²) in [7, 11) is 0. The number of phenols is 1. The molecule has 0 radical (unpaired) electrons. The number of amides is 2. The number of hydrogen-bond acceptors (Lipinski definition) is 7. The molecule has 8 heteroatoms. The Labute approximate surface area is 163 Å². The first-order valence-corrected chi connectivity index (χ1v) is 8.76. The van der Waals surface area contributed by atoms with Crippen molar-refractivity contribution < 1.29 is 28.6 Å². The number of benzene rings is 2. The Morgan fingerprint density at radius 3 is 2.72 bits per heavy atom. The van der Waals surface area contributed by atoms with Gasteiger partial charge in [-0.15, -0.1) is 0 Å². The molecule has 1 aliphatic rings. The van der Waals surface area contributed by atoms with Gasteiger partial charge in [-0.2, -0.15) is 0 Å². The number of ether oxygens (including phenoxy) is 1. The lowest BCUT2D eigenvalue weighted by atomic mass is 9.98. The standard InChI is InChI=1S/C21H15NO7/c23-14-5-6-15-13(8-19(25)29-17(15)9-14)11-28-20(26)10-22-18(24)7-12-3-1-2-4-16(12)21(22)27/h1-6,8-9,23H,7,10-11H2. The number of imide groups is 1. The quantitative estimate of drug-likeness (QED) is 0.408. The second-order valence-corrected chi connectivity index (χ2v) is 6.55. The Hall–Kier alpha value is -3.94. The van der Waals surface area contributed by atoms with Crippen LogP contribution in [0, 0.1) is 0 Å². The Morgan fingerprint density at radius 1 is 1.10 bits per heavy atom. The number of rotatable bonds is 4. The molecule has 8 nitrogen and oxygen atoms in total. The van der Waals surface area contributed by atoms with Crippen LogP contribution in [0.2, 0.25) is 0 Å². The molecule has 29 heavy (non-hydrogen) atoms. The van der Waals surface area contributed by atoms with Gasteiger partial charge in [0.1, 0.15) is 24.5 Å². The summed E-state index contributed by atoms with van der Waals surface area (Å²) >= 11 is 0. The number of aromatic hydroxyl groups is 1. The first-order chi connectivity index (χ1) is 13.9. The SMILES string of the molecule is O=C(CN1C(=O)Cc2ccccc2C1=O)OCc1cc(=O)oc2cc(O)ccc12. The van der Waals surface area contributed by atoms with Crippen molar-refractivity contribution in [2.45, 2.75) is 13.0 Å². The maximum absolute atomic E-state index is 12.5. The number of fused-ring (bicyclic) bond motifs is 2. The van der Waals surface area contributed by atoms with E-state index in [1.165, 1.54) is 24.3 Å². The number of hydrogen-bond donors (Lipinski definition) is 1. The molecular weight excluding hydrogens is 378 g/mol. The van der Waals surface area contributed by atoms with Crippen molar-refractivity contribution in [3.05, 3.63) is 75.6 Å². The lowest BCUT2D eigenvalue weighted by Gasteiger charge is -2.25. The van der Waals surface area contributed by atoms with Gasteiger partial charge < -0.3 is 14.3 Å². The molecule has 4 rings (SSSR count). The van der Waals surface area contributed by atoms with Crippen molar-refractivity contribution in [1.29, 1.82) is 0 Å². The monoisotopic (exact) mass is 393 g/mol. The average Bonchev–Trinajstić information content (AvgIpc) is 2.69.